The molecule has 0 spiro atoms. The molecule has 0 aliphatic rings. The third-order valence-corrected chi connectivity index (χ3v) is 4.07. The normalized spacial score (nSPS) is 13.3. The highest BCUT2D eigenvalue weighted by molar-refractivity contribution is 7.80. The van der Waals surface area contributed by atoms with Crippen molar-refractivity contribution < 1.29 is 4.92 Å². The van der Waals surface area contributed by atoms with Gasteiger partial charge in [0.2, 0.25) is 6.04 Å². The van der Waals surface area contributed by atoms with Crippen LogP contribution in [0.15, 0.2) is 36.9 Å². The largest absolute Gasteiger partial charge is 0.372 e. The zero-order chi connectivity index (χ0) is 16.0. The smallest absolute Gasteiger partial charge is 0.223 e. The molecule has 0 saturated heterocycles. The van der Waals surface area contributed by atoms with Gasteiger partial charge in [0.05, 0.1) is 10.9 Å². The van der Waals surface area contributed by atoms with Crippen molar-refractivity contribution in [2.45, 2.75) is 31.7 Å². The average molecular weight is 306 g/mol. The van der Waals surface area contributed by atoms with Gasteiger partial charge in [0.25, 0.3) is 0 Å². The summed E-state index contributed by atoms with van der Waals surface area (Å²) in [5, 5.41) is 11.4. The van der Waals surface area contributed by atoms with Crippen LogP contribution in [0, 0.1) is 17.0 Å². The van der Waals surface area contributed by atoms with Crippen LogP contribution in [0.4, 0.5) is 0 Å². The molecule has 5 heteroatoms. The van der Waals surface area contributed by atoms with Crippen LogP contribution < -0.4 is 0 Å². The molecule has 1 rings (SSSR count). The van der Waals surface area contributed by atoms with E-state index in [2.05, 4.69) is 6.58 Å². The molecule has 4 nitrogen and oxygen atoms in total. The van der Waals surface area contributed by atoms with Gasteiger partial charge >= 0.3 is 0 Å². The summed E-state index contributed by atoms with van der Waals surface area (Å²) in [7, 11) is 3.73. The van der Waals surface area contributed by atoms with Gasteiger partial charge in [-0.05, 0) is 12.5 Å². The summed E-state index contributed by atoms with van der Waals surface area (Å²) in [6.45, 7) is 5.64. The van der Waals surface area contributed by atoms with E-state index in [0.29, 0.717) is 12.8 Å². The molecule has 0 radical (unpaired) electrons. The van der Waals surface area contributed by atoms with E-state index in [4.69, 9.17) is 12.2 Å². The van der Waals surface area contributed by atoms with E-state index in [0.717, 1.165) is 16.1 Å². The molecule has 21 heavy (non-hydrogen) atoms. The van der Waals surface area contributed by atoms with Crippen molar-refractivity contribution in [2.75, 3.05) is 14.1 Å². The molecule has 0 aliphatic heterocycles. The average Bonchev–Trinajstić information content (AvgIpc) is 2.43. The maximum absolute atomic E-state index is 11.4. The maximum atomic E-state index is 11.4. The zero-order valence-corrected chi connectivity index (χ0v) is 13.6. The van der Waals surface area contributed by atoms with Crippen LogP contribution >= 0.6 is 12.2 Å². The quantitative estimate of drug-likeness (QED) is 0.334. The Morgan fingerprint density at radius 2 is 2.00 bits per heavy atom. The van der Waals surface area contributed by atoms with Crippen molar-refractivity contribution in [3.8, 4) is 0 Å². The number of hydrogen-bond acceptors (Lipinski definition) is 3. The summed E-state index contributed by atoms with van der Waals surface area (Å²) in [5.74, 6) is -0.242. The Hall–Kier alpha value is -1.75. The van der Waals surface area contributed by atoms with Gasteiger partial charge < -0.3 is 4.90 Å². The third-order valence-electron chi connectivity index (χ3n) is 3.54. The highest BCUT2D eigenvalue weighted by Gasteiger charge is 2.32. The predicted molar refractivity (Wildman–Crippen MR) is 90.4 cm³/mol. The van der Waals surface area contributed by atoms with Crippen molar-refractivity contribution in [1.29, 1.82) is 0 Å². The zero-order valence-electron chi connectivity index (χ0n) is 12.8. The third kappa shape index (κ3) is 4.93. The lowest BCUT2D eigenvalue weighted by Crippen LogP contribution is -2.31. The highest BCUT2D eigenvalue weighted by Crippen LogP contribution is 2.29. The molecular weight excluding hydrogens is 284 g/mol. The van der Waals surface area contributed by atoms with Crippen LogP contribution in [0.3, 0.4) is 0 Å². The SMILES string of the molecule is C=CC[C@@H]([C@H](CC(=S)N(C)C)c1ccc(C)cc1)[N+](=O)[O-]. The predicted octanol–water partition coefficient (Wildman–Crippen LogP) is 3.58. The van der Waals surface area contributed by atoms with Crippen molar-refractivity contribution in [1.82, 2.24) is 4.90 Å². The summed E-state index contributed by atoms with van der Waals surface area (Å²) < 4.78 is 0. The summed E-state index contributed by atoms with van der Waals surface area (Å²) in [6.07, 6.45) is 2.43. The molecule has 1 aromatic rings. The van der Waals surface area contributed by atoms with Gasteiger partial charge in [-0.15, -0.1) is 6.58 Å². The second kappa shape index (κ2) is 7.88. The summed E-state index contributed by atoms with van der Waals surface area (Å²) >= 11 is 5.35. The molecule has 0 N–H and O–H groups in total. The minimum atomic E-state index is -0.705. The van der Waals surface area contributed by atoms with Crippen LogP contribution in [0.1, 0.15) is 29.9 Å². The monoisotopic (exact) mass is 306 g/mol. The van der Waals surface area contributed by atoms with E-state index in [1.165, 1.54) is 0 Å². The van der Waals surface area contributed by atoms with Crippen molar-refractivity contribution >= 4 is 17.2 Å². The number of nitro groups is 1. The van der Waals surface area contributed by atoms with Gasteiger partial charge in [0.1, 0.15) is 0 Å². The van der Waals surface area contributed by atoms with E-state index in [1.54, 1.807) is 6.08 Å². The molecule has 0 unspecified atom stereocenters. The first-order chi connectivity index (χ1) is 9.86. The molecule has 2 atom stereocenters. The first kappa shape index (κ1) is 17.3. The van der Waals surface area contributed by atoms with E-state index in [1.807, 2.05) is 50.2 Å². The van der Waals surface area contributed by atoms with Gasteiger partial charge in [0, 0.05) is 31.9 Å². The molecule has 0 amide bonds. The Kier molecular flexibility index (Phi) is 6.49. The van der Waals surface area contributed by atoms with Crippen LogP contribution in [0.2, 0.25) is 0 Å². The first-order valence-corrected chi connectivity index (χ1v) is 7.28. The molecule has 114 valence electrons. The molecule has 0 bridgehead atoms. The fraction of sp³-hybridized carbons (Fsp3) is 0.438. The lowest BCUT2D eigenvalue weighted by molar-refractivity contribution is -0.525. The van der Waals surface area contributed by atoms with E-state index in [-0.39, 0.29) is 10.8 Å². The van der Waals surface area contributed by atoms with Crippen LogP contribution in [0.5, 0.6) is 0 Å². The van der Waals surface area contributed by atoms with Gasteiger partial charge in [-0.3, -0.25) is 10.1 Å². The fourth-order valence-corrected chi connectivity index (χ4v) is 2.41. The summed E-state index contributed by atoms with van der Waals surface area (Å²) in [5.41, 5.74) is 2.09. The number of rotatable bonds is 7. The number of aryl methyl sites for hydroxylation is 1. The number of thiocarbonyl (C=S) groups is 1. The Morgan fingerprint density at radius 3 is 2.43 bits per heavy atom. The first-order valence-electron chi connectivity index (χ1n) is 6.88. The number of nitrogens with zero attached hydrogens (tertiary/aromatic N) is 2. The van der Waals surface area contributed by atoms with E-state index < -0.39 is 6.04 Å². The van der Waals surface area contributed by atoms with Gasteiger partial charge in [-0.1, -0.05) is 48.1 Å². The standard InChI is InChI=1S/C16H22N2O2S/c1-5-6-15(18(19)20)14(11-16(21)17(3)4)13-9-7-12(2)8-10-13/h5,7-10,14-15H,1,6,11H2,2-4H3/t14-,15+/m1/s1. The van der Waals surface area contributed by atoms with Crippen molar-refractivity contribution in [2.24, 2.45) is 0 Å². The van der Waals surface area contributed by atoms with Gasteiger partial charge in [-0.25, -0.2) is 0 Å². The van der Waals surface area contributed by atoms with E-state index >= 15 is 0 Å². The molecule has 1 aromatic carbocycles. The van der Waals surface area contributed by atoms with Crippen LogP contribution in [-0.2, 0) is 0 Å². The van der Waals surface area contributed by atoms with E-state index in [9.17, 15) is 10.1 Å². The second-order valence-electron chi connectivity index (χ2n) is 5.39. The highest BCUT2D eigenvalue weighted by atomic mass is 32.1. The van der Waals surface area contributed by atoms with Crippen molar-refractivity contribution in [3.05, 3.63) is 58.2 Å². The van der Waals surface area contributed by atoms with Crippen LogP contribution in [-0.4, -0.2) is 34.9 Å². The molecule has 0 heterocycles. The Bertz CT molecular complexity index is 512. The molecule has 0 saturated carbocycles. The van der Waals surface area contributed by atoms with Crippen molar-refractivity contribution in [3.63, 3.8) is 0 Å². The lowest BCUT2D eigenvalue weighted by Gasteiger charge is -2.23. The number of hydrogen-bond donors (Lipinski definition) is 0. The molecule has 0 fully saturated rings. The minimum Gasteiger partial charge on any atom is -0.372 e. The Balaban J connectivity index is 3.14. The summed E-state index contributed by atoms with van der Waals surface area (Å²) in [6, 6.07) is 7.16. The second-order valence-corrected chi connectivity index (χ2v) is 5.86. The summed E-state index contributed by atoms with van der Waals surface area (Å²) in [4.78, 5) is 13.8. The lowest BCUT2D eigenvalue weighted by atomic mass is 9.86. The van der Waals surface area contributed by atoms with Gasteiger partial charge in [-0.2, -0.15) is 0 Å². The fourth-order valence-electron chi connectivity index (χ4n) is 2.23. The minimum absolute atomic E-state index is 0.218. The molecular formula is C16H22N2O2S. The topological polar surface area (TPSA) is 46.4 Å². The Morgan fingerprint density at radius 1 is 1.43 bits per heavy atom. The number of benzene rings is 1. The maximum Gasteiger partial charge on any atom is 0.223 e. The van der Waals surface area contributed by atoms with Crippen LogP contribution in [0.25, 0.3) is 0 Å². The molecule has 0 aliphatic carbocycles. The molecule has 0 aromatic heterocycles. The van der Waals surface area contributed by atoms with Gasteiger partial charge in [0.15, 0.2) is 0 Å². The Labute approximate surface area is 131 Å².